The number of nitrogens with one attached hydrogen (secondary N) is 1. The molecule has 12 heteroatoms. The van der Waals surface area contributed by atoms with Crippen molar-refractivity contribution in [2.24, 2.45) is 0 Å². The van der Waals surface area contributed by atoms with Crippen molar-refractivity contribution in [1.29, 1.82) is 0 Å². The molecular formula is C12H14F5NO5Si. The summed E-state index contributed by atoms with van der Waals surface area (Å²) < 4.78 is 73.8. The summed E-state index contributed by atoms with van der Waals surface area (Å²) in [4.78, 5) is 11.3. The molecule has 136 valence electrons. The molecule has 0 spiro atoms. The molecule has 0 bridgehead atoms. The minimum absolute atomic E-state index is 0.0967. The van der Waals surface area contributed by atoms with Crippen LogP contribution in [0.1, 0.15) is 19.3 Å². The predicted molar refractivity (Wildman–Crippen MR) is 72.3 cm³/mol. The van der Waals surface area contributed by atoms with Gasteiger partial charge in [-0.1, -0.05) is 0 Å². The highest BCUT2D eigenvalue weighted by molar-refractivity contribution is 5.98. The summed E-state index contributed by atoms with van der Waals surface area (Å²) in [5.74, 6) is -15.3. The summed E-state index contributed by atoms with van der Waals surface area (Å²) in [6.07, 6.45) is -1.17. The van der Waals surface area contributed by atoms with E-state index in [1.807, 2.05) is 5.32 Å². The summed E-state index contributed by atoms with van der Waals surface area (Å²) in [7, 11) is 0.0967. The van der Waals surface area contributed by atoms with Crippen molar-refractivity contribution in [2.75, 3.05) is 6.54 Å². The van der Waals surface area contributed by atoms with Crippen LogP contribution in [0, 0.1) is 29.1 Å². The van der Waals surface area contributed by atoms with Crippen molar-refractivity contribution >= 4 is 16.6 Å². The summed E-state index contributed by atoms with van der Waals surface area (Å²) in [5, 5.41) is 20.3. The number of benzene rings is 1. The zero-order valence-electron chi connectivity index (χ0n) is 12.3. The number of ether oxygens (including phenoxy) is 1. The lowest BCUT2D eigenvalue weighted by Gasteiger charge is -2.19. The first kappa shape index (κ1) is 20.3. The fraction of sp³-hybridized carbons (Fsp3) is 0.417. The highest BCUT2D eigenvalue weighted by Crippen LogP contribution is 2.29. The van der Waals surface area contributed by atoms with Crippen LogP contribution in [0.5, 0.6) is 5.75 Å². The van der Waals surface area contributed by atoms with Crippen LogP contribution in [-0.2, 0) is 4.43 Å². The molecule has 0 aliphatic heterocycles. The van der Waals surface area contributed by atoms with Gasteiger partial charge in [0.2, 0.25) is 34.8 Å². The number of rotatable bonds is 7. The van der Waals surface area contributed by atoms with E-state index in [0.29, 0.717) is 0 Å². The number of hydrogen-bond donors (Lipinski definition) is 3. The van der Waals surface area contributed by atoms with Gasteiger partial charge in [0, 0.05) is 13.0 Å². The number of hydrogen-bond acceptors (Lipinski definition) is 5. The third-order valence-corrected chi connectivity index (χ3v) is 3.54. The van der Waals surface area contributed by atoms with E-state index in [1.165, 1.54) is 0 Å². The van der Waals surface area contributed by atoms with E-state index in [-0.39, 0.29) is 36.3 Å². The molecule has 1 rings (SSSR count). The Morgan fingerprint density at radius 2 is 1.50 bits per heavy atom. The van der Waals surface area contributed by atoms with Crippen molar-refractivity contribution in [3.05, 3.63) is 29.1 Å². The third kappa shape index (κ3) is 5.12. The van der Waals surface area contributed by atoms with Gasteiger partial charge in [0.05, 0.1) is 0 Å². The fourth-order valence-corrected chi connectivity index (χ4v) is 1.78. The molecule has 3 N–H and O–H groups in total. The van der Waals surface area contributed by atoms with Gasteiger partial charge in [-0.15, -0.1) is 0 Å². The van der Waals surface area contributed by atoms with Gasteiger partial charge in [-0.3, -0.25) is 0 Å². The van der Waals surface area contributed by atoms with Crippen LogP contribution < -0.4 is 10.1 Å². The van der Waals surface area contributed by atoms with E-state index in [4.69, 9.17) is 10.2 Å². The molecular weight excluding hydrogens is 361 g/mol. The lowest BCUT2D eigenvalue weighted by molar-refractivity contribution is -0.295. The van der Waals surface area contributed by atoms with E-state index in [2.05, 4.69) is 9.16 Å². The van der Waals surface area contributed by atoms with E-state index in [9.17, 15) is 26.7 Å². The second-order valence-corrected chi connectivity index (χ2v) is 5.03. The summed E-state index contributed by atoms with van der Waals surface area (Å²) in [6, 6.07) is 0. The average Bonchev–Trinajstić information content (AvgIpc) is 2.54. The molecule has 0 unspecified atom stereocenters. The standard InChI is InChI=1S/C12H14F5NO5Si/c13-5-6(14)8(16)10(9(17)7(5)15)22-11(19)18-4-2-1-3-12(20,21)23-24/h20-21H,1-4H2,24H3,(H,18,19). The molecule has 24 heavy (non-hydrogen) atoms. The molecule has 1 aromatic carbocycles. The lowest BCUT2D eigenvalue weighted by Crippen LogP contribution is -2.32. The van der Waals surface area contributed by atoms with Gasteiger partial charge >= 0.3 is 6.09 Å². The summed E-state index contributed by atoms with van der Waals surface area (Å²) in [6.45, 7) is -0.106. The van der Waals surface area contributed by atoms with Gasteiger partial charge in [-0.25, -0.2) is 18.0 Å². The molecule has 0 aliphatic carbocycles. The minimum Gasteiger partial charge on any atom is -0.404 e. The Balaban J connectivity index is 2.55. The van der Waals surface area contributed by atoms with E-state index in [0.717, 1.165) is 0 Å². The Bertz CT molecular complexity index is 587. The maximum atomic E-state index is 13.3. The molecule has 0 atom stereocenters. The fourth-order valence-electron chi connectivity index (χ4n) is 1.58. The molecule has 0 aliphatic rings. The smallest absolute Gasteiger partial charge is 0.404 e. The molecule has 0 saturated carbocycles. The zero-order chi connectivity index (χ0) is 18.5. The van der Waals surface area contributed by atoms with Crippen LogP contribution in [0.3, 0.4) is 0 Å². The zero-order valence-corrected chi connectivity index (χ0v) is 14.3. The van der Waals surface area contributed by atoms with Crippen LogP contribution in [0.15, 0.2) is 0 Å². The van der Waals surface area contributed by atoms with Crippen LogP contribution in [0.4, 0.5) is 26.7 Å². The second-order valence-electron chi connectivity index (χ2n) is 4.62. The first-order valence-corrected chi connectivity index (χ1v) is 7.39. The normalized spacial score (nSPS) is 11.6. The number of carbonyl (C=O) groups is 1. The quantitative estimate of drug-likeness (QED) is 0.162. The molecule has 0 saturated heterocycles. The Morgan fingerprint density at radius 3 is 2.00 bits per heavy atom. The van der Waals surface area contributed by atoms with Gasteiger partial charge < -0.3 is 24.7 Å². The van der Waals surface area contributed by atoms with E-state index in [1.54, 1.807) is 0 Å². The molecule has 1 amide bonds. The Kier molecular flexibility index (Phi) is 7.07. The number of amides is 1. The van der Waals surface area contributed by atoms with Crippen molar-refractivity contribution in [2.45, 2.75) is 25.2 Å². The molecule has 0 fully saturated rings. The number of carbonyl (C=O) groups excluding carboxylic acids is 1. The van der Waals surface area contributed by atoms with Crippen LogP contribution in [0.2, 0.25) is 0 Å². The molecule has 6 nitrogen and oxygen atoms in total. The number of halogens is 5. The molecule has 0 aromatic heterocycles. The maximum absolute atomic E-state index is 13.3. The van der Waals surface area contributed by atoms with Crippen molar-refractivity contribution in [3.63, 3.8) is 0 Å². The topological polar surface area (TPSA) is 88.0 Å². The third-order valence-electron chi connectivity index (χ3n) is 2.89. The monoisotopic (exact) mass is 375 g/mol. The minimum atomic E-state index is -2.37. The van der Waals surface area contributed by atoms with Crippen LogP contribution in [-0.4, -0.2) is 39.3 Å². The SMILES string of the molecule is O=C(NCCCCC(O)(O)O[SiH3])Oc1c(F)c(F)c(F)c(F)c1F. The highest BCUT2D eigenvalue weighted by atomic mass is 28.2. The van der Waals surface area contributed by atoms with E-state index < -0.39 is 46.9 Å². The number of unbranched alkanes of at least 4 members (excludes halogenated alkanes) is 1. The summed E-state index contributed by atoms with van der Waals surface area (Å²) >= 11 is 0. The molecule has 1 aromatic rings. The van der Waals surface area contributed by atoms with Gasteiger partial charge in [0.25, 0.3) is 5.97 Å². The van der Waals surface area contributed by atoms with Crippen molar-refractivity contribution < 1.29 is 46.1 Å². The van der Waals surface area contributed by atoms with Crippen LogP contribution in [0.25, 0.3) is 0 Å². The Morgan fingerprint density at radius 1 is 1.00 bits per heavy atom. The van der Waals surface area contributed by atoms with Crippen LogP contribution >= 0.6 is 0 Å². The first-order chi connectivity index (χ1) is 11.1. The van der Waals surface area contributed by atoms with Gasteiger partial charge in [-0.05, 0) is 12.8 Å². The molecule has 0 radical (unpaired) electrons. The van der Waals surface area contributed by atoms with Gasteiger partial charge in [0.15, 0.2) is 10.5 Å². The van der Waals surface area contributed by atoms with Gasteiger partial charge in [0.1, 0.15) is 0 Å². The summed E-state index contributed by atoms with van der Waals surface area (Å²) in [5.41, 5.74) is 0. The Labute approximate surface area is 135 Å². The largest absolute Gasteiger partial charge is 0.412 e. The van der Waals surface area contributed by atoms with E-state index >= 15 is 0 Å². The van der Waals surface area contributed by atoms with Crippen molar-refractivity contribution in [1.82, 2.24) is 5.32 Å². The Hall–Kier alpha value is -1.76. The average molecular weight is 375 g/mol. The lowest BCUT2D eigenvalue weighted by atomic mass is 10.2. The predicted octanol–water partition coefficient (Wildman–Crippen LogP) is 0.576. The second kappa shape index (κ2) is 8.37. The molecule has 0 heterocycles. The van der Waals surface area contributed by atoms with Gasteiger partial charge in [-0.2, -0.15) is 8.78 Å². The highest BCUT2D eigenvalue weighted by Gasteiger charge is 2.28. The first-order valence-electron chi connectivity index (χ1n) is 6.57. The van der Waals surface area contributed by atoms with Crippen molar-refractivity contribution in [3.8, 4) is 5.75 Å². The maximum Gasteiger partial charge on any atom is 0.412 e. The number of aliphatic hydroxyl groups is 2.